The molecule has 1 aliphatic heterocycles. The summed E-state index contributed by atoms with van der Waals surface area (Å²) >= 11 is 0. The van der Waals surface area contributed by atoms with Crippen LogP contribution in [0, 0.1) is 10.1 Å². The van der Waals surface area contributed by atoms with Gasteiger partial charge in [-0.1, -0.05) is 36.4 Å². The Morgan fingerprint density at radius 3 is 2.42 bits per heavy atom. The number of nitrogens with one attached hydrogen (secondary N) is 1. The Balaban J connectivity index is 1.58. The van der Waals surface area contributed by atoms with Crippen LogP contribution in [0.4, 0.5) is 5.69 Å². The molecule has 0 unspecified atom stereocenters. The van der Waals surface area contributed by atoms with Gasteiger partial charge in [0.15, 0.2) is 0 Å². The van der Waals surface area contributed by atoms with Gasteiger partial charge in [-0.15, -0.1) is 0 Å². The van der Waals surface area contributed by atoms with Gasteiger partial charge in [0.2, 0.25) is 10.0 Å². The number of hydrogen-bond donors (Lipinski definition) is 1. The van der Waals surface area contributed by atoms with Crippen LogP contribution >= 0.6 is 0 Å². The molecule has 1 N–H and O–H groups in total. The van der Waals surface area contributed by atoms with Crippen molar-refractivity contribution >= 4 is 15.7 Å². The van der Waals surface area contributed by atoms with Gasteiger partial charge in [0, 0.05) is 37.8 Å². The molecule has 0 aliphatic carbocycles. The average molecular weight is 375 g/mol. The molecule has 1 heterocycles. The summed E-state index contributed by atoms with van der Waals surface area (Å²) in [5.74, 6) is 0. The standard InChI is InChI=1S/C18H21N3O4S/c22-21(23)17-7-4-8-18(13-17)26(24,25)19-16-9-11-20(12-10-16)14-15-5-2-1-3-6-15/h1-8,13,16,19H,9-12,14H2. The zero-order valence-electron chi connectivity index (χ0n) is 14.2. The average Bonchev–Trinajstić information content (AvgIpc) is 2.64. The highest BCUT2D eigenvalue weighted by Gasteiger charge is 2.25. The van der Waals surface area contributed by atoms with Gasteiger partial charge < -0.3 is 0 Å². The Hall–Kier alpha value is -2.29. The molecule has 1 fully saturated rings. The largest absolute Gasteiger partial charge is 0.299 e. The molecule has 8 heteroatoms. The van der Waals surface area contributed by atoms with Gasteiger partial charge >= 0.3 is 0 Å². The predicted octanol–water partition coefficient (Wildman–Crippen LogP) is 2.54. The van der Waals surface area contributed by atoms with E-state index in [0.717, 1.165) is 25.7 Å². The van der Waals surface area contributed by atoms with Gasteiger partial charge in [-0.2, -0.15) is 0 Å². The highest BCUT2D eigenvalue weighted by atomic mass is 32.2. The van der Waals surface area contributed by atoms with Crippen LogP contribution in [0.15, 0.2) is 59.5 Å². The molecule has 0 amide bonds. The third-order valence-electron chi connectivity index (χ3n) is 4.50. The SMILES string of the molecule is O=[N+]([O-])c1cccc(S(=O)(=O)NC2CCN(Cc3ccccc3)CC2)c1. The number of hydrogen-bond acceptors (Lipinski definition) is 5. The lowest BCUT2D eigenvalue weighted by Crippen LogP contribution is -2.44. The van der Waals surface area contributed by atoms with Crippen molar-refractivity contribution in [3.8, 4) is 0 Å². The molecule has 2 aromatic rings. The number of likely N-dealkylation sites (tertiary alicyclic amines) is 1. The van der Waals surface area contributed by atoms with Gasteiger partial charge in [0.1, 0.15) is 0 Å². The van der Waals surface area contributed by atoms with Crippen molar-refractivity contribution in [2.24, 2.45) is 0 Å². The van der Waals surface area contributed by atoms with Crippen molar-refractivity contribution in [3.05, 3.63) is 70.3 Å². The lowest BCUT2D eigenvalue weighted by molar-refractivity contribution is -0.385. The molecular weight excluding hydrogens is 354 g/mol. The minimum Gasteiger partial charge on any atom is -0.299 e. The molecule has 1 aliphatic rings. The first-order valence-electron chi connectivity index (χ1n) is 8.47. The molecule has 138 valence electrons. The molecule has 1 saturated heterocycles. The number of nitro groups is 1. The van der Waals surface area contributed by atoms with Crippen LogP contribution in [0.1, 0.15) is 18.4 Å². The summed E-state index contributed by atoms with van der Waals surface area (Å²) in [6.45, 7) is 2.46. The molecule has 7 nitrogen and oxygen atoms in total. The van der Waals surface area contributed by atoms with E-state index >= 15 is 0 Å². The number of sulfonamides is 1. The van der Waals surface area contributed by atoms with E-state index in [4.69, 9.17) is 0 Å². The molecule has 0 spiro atoms. The molecule has 0 radical (unpaired) electrons. The van der Waals surface area contributed by atoms with E-state index < -0.39 is 14.9 Å². The summed E-state index contributed by atoms with van der Waals surface area (Å²) in [7, 11) is -3.77. The quantitative estimate of drug-likeness (QED) is 0.619. The summed E-state index contributed by atoms with van der Waals surface area (Å²) in [6.07, 6.45) is 1.42. The fourth-order valence-corrected chi connectivity index (χ4v) is 4.45. The van der Waals surface area contributed by atoms with Crippen LogP contribution in [0.2, 0.25) is 0 Å². The first-order valence-corrected chi connectivity index (χ1v) is 9.95. The molecule has 0 saturated carbocycles. The lowest BCUT2D eigenvalue weighted by atomic mass is 10.1. The second-order valence-electron chi connectivity index (χ2n) is 6.41. The second-order valence-corrected chi connectivity index (χ2v) is 8.13. The zero-order chi connectivity index (χ0) is 18.6. The Kier molecular flexibility index (Phi) is 5.65. The maximum atomic E-state index is 12.5. The second kappa shape index (κ2) is 7.94. The van der Waals surface area contributed by atoms with Crippen LogP contribution in [0.25, 0.3) is 0 Å². The van der Waals surface area contributed by atoms with Crippen molar-refractivity contribution < 1.29 is 13.3 Å². The Bertz CT molecular complexity index is 863. The van der Waals surface area contributed by atoms with Crippen LogP contribution in [-0.2, 0) is 16.6 Å². The maximum absolute atomic E-state index is 12.5. The van der Waals surface area contributed by atoms with Crippen LogP contribution in [0.3, 0.4) is 0 Å². The summed E-state index contributed by atoms with van der Waals surface area (Å²) in [5.41, 5.74) is 1.01. The van der Waals surface area contributed by atoms with Gasteiger partial charge in [-0.25, -0.2) is 13.1 Å². The van der Waals surface area contributed by atoms with E-state index in [1.807, 2.05) is 18.2 Å². The highest BCUT2D eigenvalue weighted by Crippen LogP contribution is 2.20. The van der Waals surface area contributed by atoms with Gasteiger partial charge in [0.25, 0.3) is 5.69 Å². The molecule has 3 rings (SSSR count). The molecule has 26 heavy (non-hydrogen) atoms. The third kappa shape index (κ3) is 4.66. The van der Waals surface area contributed by atoms with Gasteiger partial charge in [0.05, 0.1) is 9.82 Å². The van der Waals surface area contributed by atoms with Crippen molar-refractivity contribution in [1.82, 2.24) is 9.62 Å². The Labute approximate surface area is 152 Å². The predicted molar refractivity (Wildman–Crippen MR) is 98.2 cm³/mol. The molecular formula is C18H21N3O4S. The Morgan fingerprint density at radius 2 is 1.77 bits per heavy atom. The zero-order valence-corrected chi connectivity index (χ0v) is 15.1. The fraction of sp³-hybridized carbons (Fsp3) is 0.333. The minimum atomic E-state index is -3.77. The number of piperidine rings is 1. The van der Waals surface area contributed by atoms with E-state index in [-0.39, 0.29) is 16.6 Å². The Morgan fingerprint density at radius 1 is 1.08 bits per heavy atom. The maximum Gasteiger partial charge on any atom is 0.270 e. The number of nitrogens with zero attached hydrogens (tertiary/aromatic N) is 2. The van der Waals surface area contributed by atoms with Crippen molar-refractivity contribution in [3.63, 3.8) is 0 Å². The van der Waals surface area contributed by atoms with Gasteiger partial charge in [-0.05, 0) is 24.5 Å². The molecule has 0 bridgehead atoms. The first kappa shape index (κ1) is 18.5. The van der Waals surface area contributed by atoms with Crippen LogP contribution in [-0.4, -0.2) is 37.4 Å². The number of non-ortho nitro benzene ring substituents is 1. The number of nitro benzene ring substituents is 1. The van der Waals surface area contributed by atoms with Crippen molar-refractivity contribution in [2.75, 3.05) is 13.1 Å². The van der Waals surface area contributed by atoms with E-state index in [0.29, 0.717) is 12.8 Å². The van der Waals surface area contributed by atoms with E-state index in [1.165, 1.54) is 23.8 Å². The first-order chi connectivity index (χ1) is 12.4. The van der Waals surface area contributed by atoms with Crippen molar-refractivity contribution in [1.29, 1.82) is 0 Å². The molecule has 0 atom stereocenters. The molecule has 2 aromatic carbocycles. The molecule has 0 aromatic heterocycles. The monoisotopic (exact) mass is 375 g/mol. The topological polar surface area (TPSA) is 92.5 Å². The summed E-state index contributed by atoms with van der Waals surface area (Å²) < 4.78 is 27.7. The summed E-state index contributed by atoms with van der Waals surface area (Å²) in [4.78, 5) is 12.5. The van der Waals surface area contributed by atoms with Crippen molar-refractivity contribution in [2.45, 2.75) is 30.3 Å². The summed E-state index contributed by atoms with van der Waals surface area (Å²) in [6, 6.07) is 15.1. The highest BCUT2D eigenvalue weighted by molar-refractivity contribution is 7.89. The smallest absolute Gasteiger partial charge is 0.270 e. The fourth-order valence-electron chi connectivity index (χ4n) is 3.10. The third-order valence-corrected chi connectivity index (χ3v) is 6.02. The minimum absolute atomic E-state index is 0.0709. The van der Waals surface area contributed by atoms with E-state index in [1.54, 1.807) is 0 Å². The van der Waals surface area contributed by atoms with Gasteiger partial charge in [-0.3, -0.25) is 15.0 Å². The van der Waals surface area contributed by atoms with E-state index in [2.05, 4.69) is 21.8 Å². The van der Waals surface area contributed by atoms with Crippen LogP contribution < -0.4 is 4.72 Å². The lowest BCUT2D eigenvalue weighted by Gasteiger charge is -2.32. The summed E-state index contributed by atoms with van der Waals surface area (Å²) in [5, 5.41) is 10.8. The van der Waals surface area contributed by atoms with E-state index in [9.17, 15) is 18.5 Å². The number of rotatable bonds is 6. The number of benzene rings is 2. The normalized spacial score (nSPS) is 16.5. The van der Waals surface area contributed by atoms with Crippen LogP contribution in [0.5, 0.6) is 0 Å².